The first kappa shape index (κ1) is 12.5. The Morgan fingerprint density at radius 2 is 2.50 bits per heavy atom. The number of rotatable bonds is 6. The third kappa shape index (κ3) is 3.91. The number of aromatic nitrogens is 3. The molecule has 1 amide bonds. The van der Waals surface area contributed by atoms with Crippen molar-refractivity contribution in [3.05, 3.63) is 12.2 Å². The minimum atomic E-state index is -0.170. The molecule has 0 radical (unpaired) electrons. The summed E-state index contributed by atoms with van der Waals surface area (Å²) in [4.78, 5) is 15.3. The molecule has 0 aliphatic heterocycles. The molecule has 0 bridgehead atoms. The van der Waals surface area contributed by atoms with E-state index in [0.29, 0.717) is 13.2 Å². The van der Waals surface area contributed by atoms with Crippen molar-refractivity contribution in [2.75, 3.05) is 20.3 Å². The highest BCUT2D eigenvalue weighted by atomic mass is 32.1. The Morgan fingerprint density at radius 3 is 3.06 bits per heavy atom. The average molecular weight is 243 g/mol. The van der Waals surface area contributed by atoms with Crippen LogP contribution in [0.25, 0.3) is 0 Å². The topological polar surface area (TPSA) is 95.1 Å². The quantitative estimate of drug-likeness (QED) is 0.475. The van der Waals surface area contributed by atoms with Crippen molar-refractivity contribution in [2.24, 2.45) is 5.73 Å². The SMILES string of the molecule is COCCNC(=O)Cn1cnc(C(N)=S)n1. The van der Waals surface area contributed by atoms with Crippen LogP contribution in [0.15, 0.2) is 6.33 Å². The molecule has 88 valence electrons. The average Bonchev–Trinajstić information content (AvgIpc) is 2.66. The van der Waals surface area contributed by atoms with Crippen molar-refractivity contribution in [1.82, 2.24) is 20.1 Å². The molecule has 0 saturated carbocycles. The second-order valence-electron chi connectivity index (χ2n) is 2.97. The number of ether oxygens (including phenoxy) is 1. The summed E-state index contributed by atoms with van der Waals surface area (Å²) in [5, 5.41) is 6.58. The van der Waals surface area contributed by atoms with Gasteiger partial charge in [-0.2, -0.15) is 0 Å². The Balaban J connectivity index is 2.40. The zero-order valence-electron chi connectivity index (χ0n) is 8.84. The first-order valence-corrected chi connectivity index (χ1v) is 4.99. The van der Waals surface area contributed by atoms with Crippen molar-refractivity contribution >= 4 is 23.1 Å². The lowest BCUT2D eigenvalue weighted by Gasteiger charge is -2.03. The number of methoxy groups -OCH3 is 1. The second kappa shape index (κ2) is 6.13. The van der Waals surface area contributed by atoms with Crippen molar-refractivity contribution in [1.29, 1.82) is 0 Å². The molecule has 0 aliphatic carbocycles. The normalized spacial score (nSPS) is 10.1. The Hall–Kier alpha value is -1.54. The monoisotopic (exact) mass is 243 g/mol. The molecule has 1 heterocycles. The van der Waals surface area contributed by atoms with Gasteiger partial charge in [-0.05, 0) is 0 Å². The van der Waals surface area contributed by atoms with Gasteiger partial charge < -0.3 is 15.8 Å². The number of amides is 1. The second-order valence-corrected chi connectivity index (χ2v) is 3.41. The Bertz CT molecular complexity index is 378. The van der Waals surface area contributed by atoms with Crippen LogP contribution in [0.2, 0.25) is 0 Å². The summed E-state index contributed by atoms with van der Waals surface area (Å²) in [6, 6.07) is 0. The van der Waals surface area contributed by atoms with Gasteiger partial charge in [-0.25, -0.2) is 9.67 Å². The van der Waals surface area contributed by atoms with Gasteiger partial charge in [-0.15, -0.1) is 5.10 Å². The van der Waals surface area contributed by atoms with Gasteiger partial charge in [0.2, 0.25) is 11.7 Å². The zero-order chi connectivity index (χ0) is 12.0. The predicted molar refractivity (Wildman–Crippen MR) is 60.8 cm³/mol. The fourth-order valence-corrected chi connectivity index (χ4v) is 1.07. The van der Waals surface area contributed by atoms with E-state index in [9.17, 15) is 4.79 Å². The van der Waals surface area contributed by atoms with Crippen molar-refractivity contribution in [3.63, 3.8) is 0 Å². The largest absolute Gasteiger partial charge is 0.387 e. The standard InChI is InChI=1S/C8H13N5O2S/c1-15-3-2-10-6(14)4-13-5-11-8(12-13)7(9)16/h5H,2-4H2,1H3,(H2,9,16)(H,10,14). The van der Waals surface area contributed by atoms with E-state index in [1.807, 2.05) is 0 Å². The summed E-state index contributed by atoms with van der Waals surface area (Å²) < 4.78 is 6.17. The van der Waals surface area contributed by atoms with Gasteiger partial charge in [0, 0.05) is 13.7 Å². The maximum Gasteiger partial charge on any atom is 0.241 e. The fraction of sp³-hybridized carbons (Fsp3) is 0.500. The van der Waals surface area contributed by atoms with Gasteiger partial charge in [-0.1, -0.05) is 12.2 Å². The number of nitrogens with two attached hydrogens (primary N) is 1. The van der Waals surface area contributed by atoms with E-state index in [2.05, 4.69) is 15.4 Å². The number of hydrogen-bond donors (Lipinski definition) is 2. The van der Waals surface area contributed by atoms with Crippen LogP contribution in [-0.2, 0) is 16.1 Å². The van der Waals surface area contributed by atoms with Crippen molar-refractivity contribution in [3.8, 4) is 0 Å². The van der Waals surface area contributed by atoms with E-state index in [-0.39, 0.29) is 23.3 Å². The van der Waals surface area contributed by atoms with Crippen LogP contribution < -0.4 is 11.1 Å². The highest BCUT2D eigenvalue weighted by molar-refractivity contribution is 7.80. The molecule has 16 heavy (non-hydrogen) atoms. The first-order valence-electron chi connectivity index (χ1n) is 4.58. The molecular weight excluding hydrogens is 230 g/mol. The summed E-state index contributed by atoms with van der Waals surface area (Å²) >= 11 is 4.70. The molecule has 0 fully saturated rings. The summed E-state index contributed by atoms with van der Waals surface area (Å²) in [5.74, 6) is 0.0936. The van der Waals surface area contributed by atoms with E-state index in [1.54, 1.807) is 7.11 Å². The van der Waals surface area contributed by atoms with E-state index >= 15 is 0 Å². The van der Waals surface area contributed by atoms with E-state index < -0.39 is 0 Å². The smallest absolute Gasteiger partial charge is 0.241 e. The van der Waals surface area contributed by atoms with Crippen LogP contribution in [0.1, 0.15) is 5.82 Å². The van der Waals surface area contributed by atoms with Crippen LogP contribution >= 0.6 is 12.2 Å². The Kier molecular flexibility index (Phi) is 4.80. The molecule has 3 N–H and O–H groups in total. The molecule has 1 aromatic heterocycles. The van der Waals surface area contributed by atoms with Gasteiger partial charge in [0.1, 0.15) is 17.9 Å². The van der Waals surface area contributed by atoms with E-state index in [1.165, 1.54) is 11.0 Å². The van der Waals surface area contributed by atoms with Crippen LogP contribution in [-0.4, -0.2) is 45.9 Å². The van der Waals surface area contributed by atoms with Gasteiger partial charge >= 0.3 is 0 Å². The van der Waals surface area contributed by atoms with Crippen molar-refractivity contribution in [2.45, 2.75) is 6.54 Å². The van der Waals surface area contributed by atoms with Crippen LogP contribution in [0, 0.1) is 0 Å². The summed E-state index contributed by atoms with van der Waals surface area (Å²) in [5.41, 5.74) is 5.33. The minimum Gasteiger partial charge on any atom is -0.387 e. The highest BCUT2D eigenvalue weighted by Gasteiger charge is 2.06. The number of carbonyl (C=O) groups excluding carboxylic acids is 1. The van der Waals surface area contributed by atoms with Crippen molar-refractivity contribution < 1.29 is 9.53 Å². The highest BCUT2D eigenvalue weighted by Crippen LogP contribution is 1.89. The zero-order valence-corrected chi connectivity index (χ0v) is 9.66. The predicted octanol–water partition coefficient (Wildman–Crippen LogP) is -1.33. The third-order valence-electron chi connectivity index (χ3n) is 1.69. The Labute approximate surface area is 98.0 Å². The third-order valence-corrected chi connectivity index (χ3v) is 1.87. The van der Waals surface area contributed by atoms with Crippen LogP contribution in [0.5, 0.6) is 0 Å². The molecule has 0 aliphatic rings. The molecule has 0 unspecified atom stereocenters. The number of carbonyl (C=O) groups is 1. The van der Waals surface area contributed by atoms with Gasteiger partial charge in [0.25, 0.3) is 0 Å². The van der Waals surface area contributed by atoms with Crippen LogP contribution in [0.4, 0.5) is 0 Å². The Morgan fingerprint density at radius 1 is 1.75 bits per heavy atom. The van der Waals surface area contributed by atoms with Crippen LogP contribution in [0.3, 0.4) is 0 Å². The number of nitrogens with one attached hydrogen (secondary N) is 1. The number of hydrogen-bond acceptors (Lipinski definition) is 5. The molecular formula is C8H13N5O2S. The number of thiocarbonyl (C=S) groups is 1. The number of nitrogens with zero attached hydrogens (tertiary/aromatic N) is 3. The maximum atomic E-state index is 11.3. The fourth-order valence-electron chi connectivity index (χ4n) is 0.979. The molecule has 1 rings (SSSR count). The summed E-state index contributed by atoms with van der Waals surface area (Å²) in [7, 11) is 1.57. The molecule has 7 nitrogen and oxygen atoms in total. The lowest BCUT2D eigenvalue weighted by molar-refractivity contribution is -0.122. The first-order chi connectivity index (χ1) is 7.63. The maximum absolute atomic E-state index is 11.3. The molecule has 8 heteroatoms. The lowest BCUT2D eigenvalue weighted by atomic mass is 10.5. The summed E-state index contributed by atoms with van der Waals surface area (Å²) in [6.45, 7) is 1.02. The minimum absolute atomic E-state index is 0.0827. The van der Waals surface area contributed by atoms with E-state index in [0.717, 1.165) is 0 Å². The molecule has 0 atom stereocenters. The van der Waals surface area contributed by atoms with Gasteiger partial charge in [-0.3, -0.25) is 4.79 Å². The molecule has 0 saturated heterocycles. The van der Waals surface area contributed by atoms with Gasteiger partial charge in [0.15, 0.2) is 0 Å². The van der Waals surface area contributed by atoms with Gasteiger partial charge in [0.05, 0.1) is 6.61 Å². The molecule has 0 spiro atoms. The lowest BCUT2D eigenvalue weighted by Crippen LogP contribution is -2.30. The summed E-state index contributed by atoms with van der Waals surface area (Å²) in [6.07, 6.45) is 1.41. The molecule has 0 aromatic carbocycles. The van der Waals surface area contributed by atoms with E-state index in [4.69, 9.17) is 22.7 Å². The molecule has 1 aromatic rings.